The van der Waals surface area contributed by atoms with Crippen LogP contribution in [0, 0.1) is 13.8 Å². The Hall–Kier alpha value is -2.43. The van der Waals surface area contributed by atoms with Crippen molar-refractivity contribution in [1.29, 1.82) is 0 Å². The first kappa shape index (κ1) is 14.5. The first-order valence-corrected chi connectivity index (χ1v) is 7.58. The van der Waals surface area contributed by atoms with Gasteiger partial charge in [0.05, 0.1) is 0 Å². The highest BCUT2D eigenvalue weighted by Gasteiger charge is 2.32. The Bertz CT molecular complexity index is 651. The summed E-state index contributed by atoms with van der Waals surface area (Å²) in [5.41, 5.74) is 2.67. The van der Waals surface area contributed by atoms with E-state index in [1.807, 2.05) is 55.1 Å². The van der Waals surface area contributed by atoms with Gasteiger partial charge in [-0.3, -0.25) is 4.79 Å². The van der Waals surface area contributed by atoms with Crippen LogP contribution in [0.15, 0.2) is 36.4 Å². The highest BCUT2D eigenvalue weighted by molar-refractivity contribution is 5.97. The number of para-hydroxylation sites is 1. The molecule has 3 rings (SSSR count). The summed E-state index contributed by atoms with van der Waals surface area (Å²) < 4.78 is 0. The zero-order valence-electron chi connectivity index (χ0n) is 12.9. The van der Waals surface area contributed by atoms with Crippen molar-refractivity contribution < 1.29 is 4.79 Å². The number of amides is 1. The van der Waals surface area contributed by atoms with Gasteiger partial charge in [-0.05, 0) is 44.9 Å². The van der Waals surface area contributed by atoms with Crippen molar-refractivity contribution in [2.45, 2.75) is 32.7 Å². The van der Waals surface area contributed by atoms with E-state index in [4.69, 9.17) is 0 Å². The number of carbonyl (C=O) groups is 1. The average molecular weight is 296 g/mol. The van der Waals surface area contributed by atoms with Crippen molar-refractivity contribution >= 4 is 17.5 Å². The molecule has 0 spiro atoms. The molecule has 1 aromatic heterocycles. The SMILES string of the molecule is Cc1cc(C)nc(N2CCC[C@H]2C(=O)Nc2ccccc2)n1. The lowest BCUT2D eigenvalue weighted by Gasteiger charge is -2.24. The predicted molar refractivity (Wildman–Crippen MR) is 86.9 cm³/mol. The standard InChI is InChI=1S/C17H20N4O/c1-12-11-13(2)19-17(18-12)21-10-6-9-15(21)16(22)20-14-7-4-3-5-8-14/h3-5,7-8,11,15H,6,9-10H2,1-2H3,(H,20,22)/t15-/m0/s1. The molecule has 1 fully saturated rings. The molecule has 5 heteroatoms. The number of aryl methyl sites for hydroxylation is 2. The van der Waals surface area contributed by atoms with E-state index >= 15 is 0 Å². The first-order valence-electron chi connectivity index (χ1n) is 7.58. The fraction of sp³-hybridized carbons (Fsp3) is 0.353. The summed E-state index contributed by atoms with van der Waals surface area (Å²) in [5.74, 6) is 0.662. The van der Waals surface area contributed by atoms with Crippen molar-refractivity contribution in [2.24, 2.45) is 0 Å². The number of benzene rings is 1. The fourth-order valence-electron chi connectivity index (χ4n) is 2.86. The lowest BCUT2D eigenvalue weighted by molar-refractivity contribution is -0.117. The molecule has 0 radical (unpaired) electrons. The van der Waals surface area contributed by atoms with Crippen LogP contribution in [0.2, 0.25) is 0 Å². The second-order valence-electron chi connectivity index (χ2n) is 5.66. The van der Waals surface area contributed by atoms with Crippen molar-refractivity contribution in [3.8, 4) is 0 Å². The molecular weight excluding hydrogens is 276 g/mol. The number of rotatable bonds is 3. The van der Waals surface area contributed by atoms with E-state index in [0.29, 0.717) is 5.95 Å². The Morgan fingerprint density at radius 3 is 2.55 bits per heavy atom. The van der Waals surface area contributed by atoms with Crippen LogP contribution in [0.5, 0.6) is 0 Å². The summed E-state index contributed by atoms with van der Waals surface area (Å²) in [4.78, 5) is 23.6. The minimum absolute atomic E-state index is 0.00598. The molecule has 2 heterocycles. The molecule has 1 saturated heterocycles. The van der Waals surface area contributed by atoms with Crippen LogP contribution in [-0.4, -0.2) is 28.5 Å². The van der Waals surface area contributed by atoms with Crippen LogP contribution in [0.3, 0.4) is 0 Å². The maximum Gasteiger partial charge on any atom is 0.247 e. The Balaban J connectivity index is 1.79. The van der Waals surface area contributed by atoms with E-state index < -0.39 is 0 Å². The minimum atomic E-state index is -0.207. The molecule has 1 N–H and O–H groups in total. The number of nitrogens with zero attached hydrogens (tertiary/aromatic N) is 3. The average Bonchev–Trinajstić information content (AvgIpc) is 2.97. The number of hydrogen-bond donors (Lipinski definition) is 1. The van der Waals surface area contributed by atoms with Crippen LogP contribution in [0.1, 0.15) is 24.2 Å². The normalized spacial score (nSPS) is 17.5. The van der Waals surface area contributed by atoms with Gasteiger partial charge in [0.15, 0.2) is 0 Å². The van der Waals surface area contributed by atoms with Gasteiger partial charge in [-0.2, -0.15) is 0 Å². The Morgan fingerprint density at radius 1 is 1.18 bits per heavy atom. The summed E-state index contributed by atoms with van der Waals surface area (Å²) in [5, 5.41) is 2.98. The molecule has 0 unspecified atom stereocenters. The lowest BCUT2D eigenvalue weighted by atomic mass is 10.2. The summed E-state index contributed by atoms with van der Waals surface area (Å²) in [6.45, 7) is 4.72. The van der Waals surface area contributed by atoms with Gasteiger partial charge < -0.3 is 10.2 Å². The zero-order chi connectivity index (χ0) is 15.5. The number of nitrogens with one attached hydrogen (secondary N) is 1. The van der Waals surface area contributed by atoms with Crippen LogP contribution in [0.4, 0.5) is 11.6 Å². The van der Waals surface area contributed by atoms with E-state index in [1.165, 1.54) is 0 Å². The van der Waals surface area contributed by atoms with E-state index in [0.717, 1.165) is 36.5 Å². The highest BCUT2D eigenvalue weighted by Crippen LogP contribution is 2.24. The summed E-state index contributed by atoms with van der Waals surface area (Å²) >= 11 is 0. The van der Waals surface area contributed by atoms with Gasteiger partial charge in [-0.15, -0.1) is 0 Å². The van der Waals surface area contributed by atoms with Gasteiger partial charge in [0, 0.05) is 23.6 Å². The van der Waals surface area contributed by atoms with Gasteiger partial charge in [0.25, 0.3) is 0 Å². The largest absolute Gasteiger partial charge is 0.329 e. The predicted octanol–water partition coefficient (Wildman–Crippen LogP) is 2.70. The topological polar surface area (TPSA) is 58.1 Å². The van der Waals surface area contributed by atoms with Gasteiger partial charge in [-0.25, -0.2) is 9.97 Å². The third kappa shape index (κ3) is 3.08. The smallest absolute Gasteiger partial charge is 0.247 e. The summed E-state index contributed by atoms with van der Waals surface area (Å²) in [6.07, 6.45) is 1.80. The van der Waals surface area contributed by atoms with Crippen molar-refractivity contribution in [3.05, 3.63) is 47.8 Å². The lowest BCUT2D eigenvalue weighted by Crippen LogP contribution is -2.40. The van der Waals surface area contributed by atoms with E-state index in [-0.39, 0.29) is 11.9 Å². The molecular formula is C17H20N4O. The molecule has 1 amide bonds. The first-order chi connectivity index (χ1) is 10.6. The molecule has 5 nitrogen and oxygen atoms in total. The van der Waals surface area contributed by atoms with Gasteiger partial charge in [0.2, 0.25) is 11.9 Å². The third-order valence-electron chi connectivity index (χ3n) is 3.82. The summed E-state index contributed by atoms with van der Waals surface area (Å²) in [7, 11) is 0. The number of aromatic nitrogens is 2. The van der Waals surface area contributed by atoms with Crippen LogP contribution in [-0.2, 0) is 4.79 Å². The van der Waals surface area contributed by atoms with Gasteiger partial charge in [-0.1, -0.05) is 18.2 Å². The number of anilines is 2. The third-order valence-corrected chi connectivity index (χ3v) is 3.82. The molecule has 1 aliphatic rings. The molecule has 2 aromatic rings. The molecule has 0 saturated carbocycles. The molecule has 114 valence electrons. The Kier molecular flexibility index (Phi) is 4.04. The Labute approximate surface area is 130 Å². The van der Waals surface area contributed by atoms with Crippen molar-refractivity contribution in [1.82, 2.24) is 9.97 Å². The second kappa shape index (κ2) is 6.13. The van der Waals surface area contributed by atoms with E-state index in [2.05, 4.69) is 15.3 Å². The van der Waals surface area contributed by atoms with E-state index in [9.17, 15) is 4.79 Å². The van der Waals surface area contributed by atoms with Gasteiger partial charge in [0.1, 0.15) is 6.04 Å². The second-order valence-corrected chi connectivity index (χ2v) is 5.66. The van der Waals surface area contributed by atoms with E-state index in [1.54, 1.807) is 0 Å². The van der Waals surface area contributed by atoms with Crippen LogP contribution < -0.4 is 10.2 Å². The maximum absolute atomic E-state index is 12.6. The Morgan fingerprint density at radius 2 is 1.86 bits per heavy atom. The molecule has 1 aromatic carbocycles. The maximum atomic E-state index is 12.6. The molecule has 0 bridgehead atoms. The summed E-state index contributed by atoms with van der Waals surface area (Å²) in [6, 6.07) is 11.3. The quantitative estimate of drug-likeness (QED) is 0.946. The highest BCUT2D eigenvalue weighted by atomic mass is 16.2. The minimum Gasteiger partial charge on any atom is -0.329 e. The van der Waals surface area contributed by atoms with Crippen LogP contribution >= 0.6 is 0 Å². The molecule has 1 atom stereocenters. The zero-order valence-corrected chi connectivity index (χ0v) is 12.9. The number of hydrogen-bond acceptors (Lipinski definition) is 4. The molecule has 1 aliphatic heterocycles. The molecule has 22 heavy (non-hydrogen) atoms. The van der Waals surface area contributed by atoms with Crippen molar-refractivity contribution in [3.63, 3.8) is 0 Å². The van der Waals surface area contributed by atoms with Crippen molar-refractivity contribution in [2.75, 3.05) is 16.8 Å². The van der Waals surface area contributed by atoms with Crippen LogP contribution in [0.25, 0.3) is 0 Å². The fourth-order valence-corrected chi connectivity index (χ4v) is 2.86. The number of carbonyl (C=O) groups excluding carboxylic acids is 1. The van der Waals surface area contributed by atoms with Gasteiger partial charge >= 0.3 is 0 Å². The monoisotopic (exact) mass is 296 g/mol. The molecule has 0 aliphatic carbocycles.